The van der Waals surface area contributed by atoms with E-state index in [-0.39, 0.29) is 11.7 Å². The fraction of sp³-hybridized carbons (Fsp3) is 0.278. The molecule has 0 atom stereocenters. The number of nitrogens with two attached hydrogens (primary N) is 1. The highest BCUT2D eigenvalue weighted by Crippen LogP contribution is 2.37. The van der Waals surface area contributed by atoms with Crippen molar-refractivity contribution in [2.24, 2.45) is 0 Å². The fourth-order valence-corrected chi connectivity index (χ4v) is 2.60. The van der Waals surface area contributed by atoms with Crippen molar-refractivity contribution in [3.63, 3.8) is 0 Å². The third-order valence-electron chi connectivity index (χ3n) is 3.75. The lowest BCUT2D eigenvalue weighted by Crippen LogP contribution is -2.38. The first-order valence-corrected chi connectivity index (χ1v) is 7.84. The van der Waals surface area contributed by atoms with Crippen LogP contribution in [0.15, 0.2) is 46.8 Å². The van der Waals surface area contributed by atoms with Crippen LogP contribution in [0.25, 0.3) is 6.08 Å². The number of hydrogen-bond donors (Lipinski definition) is 1. The number of fused-ring (bicyclic) bond motifs is 1. The minimum atomic E-state index is -0.178. The lowest BCUT2D eigenvalue weighted by Gasteiger charge is -2.31. The van der Waals surface area contributed by atoms with Crippen molar-refractivity contribution in [3.8, 4) is 5.75 Å². The summed E-state index contributed by atoms with van der Waals surface area (Å²) in [7, 11) is 4.02. The lowest BCUT2D eigenvalue weighted by atomic mass is 10.1. The third kappa shape index (κ3) is 3.44. The molecule has 2 aromatic rings. The van der Waals surface area contributed by atoms with Gasteiger partial charge in [0.05, 0.1) is 12.0 Å². The predicted molar refractivity (Wildman–Crippen MR) is 93.7 cm³/mol. The lowest BCUT2D eigenvalue weighted by molar-refractivity contribution is -0.117. The van der Waals surface area contributed by atoms with Gasteiger partial charge in [0.25, 0.3) is 5.91 Å². The average Bonchev–Trinajstić information content (AvgIpc) is 3.03. The van der Waals surface area contributed by atoms with Crippen LogP contribution in [-0.2, 0) is 4.79 Å². The van der Waals surface area contributed by atoms with Crippen LogP contribution in [0.5, 0.6) is 5.75 Å². The third-order valence-corrected chi connectivity index (χ3v) is 3.75. The zero-order valence-corrected chi connectivity index (χ0v) is 13.9. The number of carbonyl (C=O) groups excluding carboxylic acids is 1. The maximum atomic E-state index is 12.8. The number of rotatable bonds is 5. The second-order valence-corrected chi connectivity index (χ2v) is 5.97. The SMILES string of the molecule is CN(C)CCCN1C(=O)/C(=C\c2ccco2)Oc2cc(N)ccc21. The molecule has 6 nitrogen and oxygen atoms in total. The van der Waals surface area contributed by atoms with E-state index in [0.717, 1.165) is 18.7 Å². The van der Waals surface area contributed by atoms with Crippen molar-refractivity contribution in [2.75, 3.05) is 37.8 Å². The van der Waals surface area contributed by atoms with Gasteiger partial charge in [0, 0.05) is 24.4 Å². The van der Waals surface area contributed by atoms with Gasteiger partial charge in [-0.3, -0.25) is 4.79 Å². The number of benzene rings is 1. The van der Waals surface area contributed by atoms with Crippen molar-refractivity contribution in [1.82, 2.24) is 4.90 Å². The molecule has 0 bridgehead atoms. The summed E-state index contributed by atoms with van der Waals surface area (Å²) in [6, 6.07) is 8.86. The van der Waals surface area contributed by atoms with E-state index in [1.807, 2.05) is 20.2 Å². The Balaban J connectivity index is 1.92. The molecule has 1 aliphatic heterocycles. The Hall–Kier alpha value is -2.73. The topological polar surface area (TPSA) is 71.9 Å². The molecule has 126 valence electrons. The van der Waals surface area contributed by atoms with Gasteiger partial charge in [0.1, 0.15) is 5.76 Å². The standard InChI is InChI=1S/C18H21N3O3/c1-20(2)8-4-9-21-15-7-6-13(19)11-16(15)24-17(18(21)22)12-14-5-3-10-23-14/h3,5-7,10-12H,4,8-9,19H2,1-2H3/b17-12+. The molecule has 1 aromatic heterocycles. The van der Waals surface area contributed by atoms with E-state index >= 15 is 0 Å². The number of furan rings is 1. The normalized spacial score (nSPS) is 15.7. The van der Waals surface area contributed by atoms with E-state index in [1.54, 1.807) is 41.5 Å². The Labute approximate surface area is 141 Å². The van der Waals surface area contributed by atoms with Gasteiger partial charge in [0.15, 0.2) is 11.5 Å². The molecule has 0 aliphatic carbocycles. The summed E-state index contributed by atoms with van der Waals surface area (Å²) in [5, 5.41) is 0. The zero-order valence-electron chi connectivity index (χ0n) is 13.9. The van der Waals surface area contributed by atoms with Gasteiger partial charge in [-0.1, -0.05) is 0 Å². The van der Waals surface area contributed by atoms with Crippen LogP contribution in [0.2, 0.25) is 0 Å². The van der Waals surface area contributed by atoms with Gasteiger partial charge >= 0.3 is 0 Å². The van der Waals surface area contributed by atoms with Crippen LogP contribution >= 0.6 is 0 Å². The maximum absolute atomic E-state index is 12.8. The van der Waals surface area contributed by atoms with Crippen molar-refractivity contribution >= 4 is 23.4 Å². The molecule has 0 saturated heterocycles. The monoisotopic (exact) mass is 327 g/mol. The molecule has 1 aromatic carbocycles. The summed E-state index contributed by atoms with van der Waals surface area (Å²) in [4.78, 5) is 16.6. The van der Waals surface area contributed by atoms with Gasteiger partial charge in [-0.25, -0.2) is 0 Å². The first kappa shape index (κ1) is 16.1. The number of nitrogen functional groups attached to an aromatic ring is 1. The molecular weight excluding hydrogens is 306 g/mol. The Morgan fingerprint density at radius 1 is 1.29 bits per heavy atom. The second-order valence-electron chi connectivity index (χ2n) is 5.97. The largest absolute Gasteiger partial charge is 0.465 e. The minimum absolute atomic E-state index is 0.178. The van der Waals surface area contributed by atoms with E-state index in [9.17, 15) is 4.79 Å². The van der Waals surface area contributed by atoms with Gasteiger partial charge in [0.2, 0.25) is 0 Å². The van der Waals surface area contributed by atoms with Crippen molar-refractivity contribution in [3.05, 3.63) is 48.1 Å². The highest BCUT2D eigenvalue weighted by molar-refractivity contribution is 6.09. The van der Waals surface area contributed by atoms with E-state index in [2.05, 4.69) is 4.90 Å². The Morgan fingerprint density at radius 3 is 2.83 bits per heavy atom. The first-order chi connectivity index (χ1) is 11.5. The van der Waals surface area contributed by atoms with E-state index in [4.69, 9.17) is 14.9 Å². The fourth-order valence-electron chi connectivity index (χ4n) is 2.60. The van der Waals surface area contributed by atoms with Crippen LogP contribution in [0.4, 0.5) is 11.4 Å². The molecule has 1 aliphatic rings. The second kappa shape index (κ2) is 6.80. The number of hydrogen-bond acceptors (Lipinski definition) is 5. The van der Waals surface area contributed by atoms with Crippen molar-refractivity contribution in [2.45, 2.75) is 6.42 Å². The number of amides is 1. The summed E-state index contributed by atoms with van der Waals surface area (Å²) in [6.45, 7) is 1.50. The molecule has 2 heterocycles. The van der Waals surface area contributed by atoms with Crippen molar-refractivity contribution < 1.29 is 13.9 Å². The molecule has 0 radical (unpaired) electrons. The molecule has 2 N–H and O–H groups in total. The molecule has 0 unspecified atom stereocenters. The minimum Gasteiger partial charge on any atom is -0.465 e. The molecule has 3 rings (SSSR count). The number of nitrogens with zero attached hydrogens (tertiary/aromatic N) is 2. The van der Waals surface area contributed by atoms with Crippen LogP contribution in [0, 0.1) is 0 Å². The quantitative estimate of drug-likeness (QED) is 0.675. The molecule has 0 saturated carbocycles. The van der Waals surface area contributed by atoms with Gasteiger partial charge in [-0.2, -0.15) is 0 Å². The highest BCUT2D eigenvalue weighted by atomic mass is 16.5. The zero-order chi connectivity index (χ0) is 17.1. The molecule has 1 amide bonds. The summed E-state index contributed by atoms with van der Waals surface area (Å²) in [5.41, 5.74) is 7.19. The Morgan fingerprint density at radius 2 is 2.12 bits per heavy atom. The summed E-state index contributed by atoms with van der Waals surface area (Å²) >= 11 is 0. The predicted octanol–water partition coefficient (Wildman–Crippen LogP) is 2.58. The number of ether oxygens (including phenoxy) is 1. The number of carbonyl (C=O) groups is 1. The average molecular weight is 327 g/mol. The Bertz CT molecular complexity index is 751. The van der Waals surface area contributed by atoms with Gasteiger partial charge in [-0.05, 0) is 51.3 Å². The Kier molecular flexibility index (Phi) is 4.57. The molecule has 0 spiro atoms. The van der Waals surface area contributed by atoms with Crippen LogP contribution in [0.1, 0.15) is 12.2 Å². The maximum Gasteiger partial charge on any atom is 0.294 e. The van der Waals surface area contributed by atoms with Gasteiger partial charge < -0.3 is 24.7 Å². The summed E-state index contributed by atoms with van der Waals surface area (Å²) in [5.74, 6) is 1.20. The first-order valence-electron chi connectivity index (χ1n) is 7.84. The smallest absolute Gasteiger partial charge is 0.294 e. The highest BCUT2D eigenvalue weighted by Gasteiger charge is 2.30. The van der Waals surface area contributed by atoms with Gasteiger partial charge in [-0.15, -0.1) is 0 Å². The van der Waals surface area contributed by atoms with Crippen LogP contribution in [-0.4, -0.2) is 38.0 Å². The van der Waals surface area contributed by atoms with Crippen molar-refractivity contribution in [1.29, 1.82) is 0 Å². The van der Waals surface area contributed by atoms with E-state index < -0.39 is 0 Å². The van der Waals surface area contributed by atoms with Crippen LogP contribution in [0.3, 0.4) is 0 Å². The van der Waals surface area contributed by atoms with E-state index in [1.165, 1.54) is 0 Å². The molecular formula is C18H21N3O3. The summed E-state index contributed by atoms with van der Waals surface area (Å²) in [6.07, 6.45) is 4.02. The van der Waals surface area contributed by atoms with Crippen LogP contribution < -0.4 is 15.4 Å². The summed E-state index contributed by atoms with van der Waals surface area (Å²) < 4.78 is 11.1. The molecule has 0 fully saturated rings. The molecule has 6 heteroatoms. The van der Waals surface area contributed by atoms with E-state index in [0.29, 0.717) is 23.7 Å². The molecule has 24 heavy (non-hydrogen) atoms. The number of anilines is 2.